The van der Waals surface area contributed by atoms with Gasteiger partial charge in [-0.2, -0.15) is 0 Å². The monoisotopic (exact) mass is 248 g/mol. The standard InChI is InChI=1S/C8H6N2O4S.Na/c11-10(12)5-1-2-7-6(3-5)8(4-9-7)15(13)14;/h1-4,9H,(H,13,14);/q;+1/p-1. The molecule has 78 valence electrons. The molecule has 0 aliphatic heterocycles. The van der Waals surface area contributed by atoms with Crippen LogP contribution in [-0.2, 0) is 11.1 Å². The minimum absolute atomic E-state index is 0. The number of nitrogens with zero attached hydrogens (tertiary/aromatic N) is 1. The summed E-state index contributed by atoms with van der Waals surface area (Å²) in [6.07, 6.45) is 1.30. The Morgan fingerprint density at radius 2 is 2.06 bits per heavy atom. The number of aromatic amines is 1. The molecule has 0 aliphatic carbocycles. The summed E-state index contributed by atoms with van der Waals surface area (Å²) in [7, 11) is 0. The van der Waals surface area contributed by atoms with Crippen molar-refractivity contribution in [1.82, 2.24) is 4.98 Å². The van der Waals surface area contributed by atoms with E-state index in [0.717, 1.165) is 0 Å². The molecule has 0 amide bonds. The second-order valence-electron chi connectivity index (χ2n) is 2.87. The van der Waals surface area contributed by atoms with E-state index >= 15 is 0 Å². The van der Waals surface area contributed by atoms with E-state index in [2.05, 4.69) is 4.98 Å². The fraction of sp³-hybridized carbons (Fsp3) is 0. The largest absolute Gasteiger partial charge is 1.00 e. The number of rotatable bonds is 2. The Hall–Kier alpha value is -0.730. The van der Waals surface area contributed by atoms with Crippen LogP contribution in [0.3, 0.4) is 0 Å². The Kier molecular flexibility index (Phi) is 4.22. The fourth-order valence-corrected chi connectivity index (χ4v) is 1.84. The zero-order valence-electron chi connectivity index (χ0n) is 8.30. The van der Waals surface area contributed by atoms with Crippen molar-refractivity contribution in [2.75, 3.05) is 0 Å². The third kappa shape index (κ3) is 2.33. The molecule has 8 heteroatoms. The average Bonchev–Trinajstić information content (AvgIpc) is 2.59. The predicted octanol–water partition coefficient (Wildman–Crippen LogP) is -1.68. The van der Waals surface area contributed by atoms with Crippen LogP contribution in [-0.4, -0.2) is 18.7 Å². The predicted molar refractivity (Wildman–Crippen MR) is 52.1 cm³/mol. The van der Waals surface area contributed by atoms with E-state index in [0.29, 0.717) is 10.9 Å². The van der Waals surface area contributed by atoms with Gasteiger partial charge in [-0.25, -0.2) is 0 Å². The summed E-state index contributed by atoms with van der Waals surface area (Å²) in [6.45, 7) is 0. The normalized spacial score (nSPS) is 12.1. The van der Waals surface area contributed by atoms with Crippen LogP contribution < -0.4 is 29.6 Å². The van der Waals surface area contributed by atoms with Gasteiger partial charge in [-0.1, -0.05) is 0 Å². The molecule has 1 atom stereocenters. The molecule has 16 heavy (non-hydrogen) atoms. The molecule has 0 spiro atoms. The second kappa shape index (κ2) is 5.07. The zero-order chi connectivity index (χ0) is 11.0. The zero-order valence-corrected chi connectivity index (χ0v) is 11.1. The third-order valence-electron chi connectivity index (χ3n) is 2.02. The van der Waals surface area contributed by atoms with Crippen molar-refractivity contribution in [3.05, 3.63) is 34.5 Å². The molecule has 1 aromatic carbocycles. The molecule has 0 bridgehead atoms. The number of hydrogen-bond acceptors (Lipinski definition) is 4. The topological polar surface area (TPSA) is 99.1 Å². The van der Waals surface area contributed by atoms with E-state index in [4.69, 9.17) is 0 Å². The second-order valence-corrected chi connectivity index (χ2v) is 3.78. The molecular weight excluding hydrogens is 243 g/mol. The van der Waals surface area contributed by atoms with Gasteiger partial charge in [-0.3, -0.25) is 14.3 Å². The van der Waals surface area contributed by atoms with Gasteiger partial charge in [0.05, 0.1) is 9.82 Å². The van der Waals surface area contributed by atoms with Gasteiger partial charge >= 0.3 is 29.6 Å². The minimum Gasteiger partial charge on any atom is -0.768 e. The van der Waals surface area contributed by atoms with Crippen molar-refractivity contribution in [2.24, 2.45) is 0 Å². The number of nitrogens with one attached hydrogen (secondary N) is 1. The fourth-order valence-electron chi connectivity index (χ4n) is 1.33. The first-order valence-electron chi connectivity index (χ1n) is 3.94. The smallest absolute Gasteiger partial charge is 0.768 e. The number of non-ortho nitro benzene ring substituents is 1. The van der Waals surface area contributed by atoms with Crippen molar-refractivity contribution in [3.63, 3.8) is 0 Å². The summed E-state index contributed by atoms with van der Waals surface area (Å²) >= 11 is -2.40. The molecule has 0 saturated carbocycles. The summed E-state index contributed by atoms with van der Waals surface area (Å²) < 4.78 is 21.5. The number of benzene rings is 1. The first-order chi connectivity index (χ1) is 7.09. The summed E-state index contributed by atoms with van der Waals surface area (Å²) in [4.78, 5) is 12.7. The van der Waals surface area contributed by atoms with Gasteiger partial charge in [0.25, 0.3) is 5.69 Å². The summed E-state index contributed by atoms with van der Waals surface area (Å²) in [6, 6.07) is 4.02. The SMILES string of the molecule is O=[N+]([O-])c1ccc2[nH]cc(S(=O)[O-])c2c1.[Na+]. The van der Waals surface area contributed by atoms with E-state index < -0.39 is 16.0 Å². The van der Waals surface area contributed by atoms with Crippen LogP contribution in [0.5, 0.6) is 0 Å². The maximum Gasteiger partial charge on any atom is 1.00 e. The van der Waals surface area contributed by atoms with Gasteiger partial charge in [-0.05, 0) is 17.1 Å². The third-order valence-corrected chi connectivity index (χ3v) is 2.71. The van der Waals surface area contributed by atoms with Gasteiger partial charge < -0.3 is 9.54 Å². The van der Waals surface area contributed by atoms with E-state index in [1.165, 1.54) is 24.4 Å². The number of nitro groups is 1. The summed E-state index contributed by atoms with van der Waals surface area (Å²) in [5, 5.41) is 10.8. The molecule has 1 unspecified atom stereocenters. The van der Waals surface area contributed by atoms with Gasteiger partial charge in [0.15, 0.2) is 0 Å². The molecular formula is C8H5N2NaO4S. The van der Waals surface area contributed by atoms with Crippen LogP contribution in [0.15, 0.2) is 29.3 Å². The maximum atomic E-state index is 10.8. The number of H-pyrrole nitrogens is 1. The molecule has 6 nitrogen and oxygen atoms in total. The molecule has 2 aromatic rings. The van der Waals surface area contributed by atoms with Crippen LogP contribution in [0, 0.1) is 10.1 Å². The Balaban J connectivity index is 0.00000128. The van der Waals surface area contributed by atoms with Crippen LogP contribution in [0.2, 0.25) is 0 Å². The maximum absolute atomic E-state index is 10.8. The van der Waals surface area contributed by atoms with Crippen LogP contribution in [0.1, 0.15) is 0 Å². The van der Waals surface area contributed by atoms with Crippen molar-refractivity contribution < 1.29 is 43.2 Å². The summed E-state index contributed by atoms with van der Waals surface area (Å²) in [5.74, 6) is 0. The van der Waals surface area contributed by atoms with Crippen molar-refractivity contribution in [1.29, 1.82) is 0 Å². The van der Waals surface area contributed by atoms with E-state index in [1.54, 1.807) is 0 Å². The first kappa shape index (κ1) is 13.3. The molecule has 1 N–H and O–H groups in total. The Labute approximate surface area is 115 Å². The Morgan fingerprint density at radius 1 is 1.38 bits per heavy atom. The molecule has 0 saturated heterocycles. The number of nitro benzene ring substituents is 1. The quantitative estimate of drug-likeness (QED) is 0.297. The minimum atomic E-state index is -2.40. The average molecular weight is 248 g/mol. The molecule has 0 fully saturated rings. The number of aromatic nitrogens is 1. The van der Waals surface area contributed by atoms with Crippen LogP contribution in [0.4, 0.5) is 5.69 Å². The molecule has 2 rings (SSSR count). The van der Waals surface area contributed by atoms with Crippen LogP contribution >= 0.6 is 0 Å². The van der Waals surface area contributed by atoms with E-state index in [-0.39, 0.29) is 40.1 Å². The van der Waals surface area contributed by atoms with Gasteiger partial charge in [-0.15, -0.1) is 0 Å². The number of fused-ring (bicyclic) bond motifs is 1. The first-order valence-corrected chi connectivity index (χ1v) is 5.02. The van der Waals surface area contributed by atoms with Crippen molar-refractivity contribution >= 4 is 27.7 Å². The van der Waals surface area contributed by atoms with E-state index in [1.807, 2.05) is 0 Å². The van der Waals surface area contributed by atoms with Gasteiger partial charge in [0.1, 0.15) is 0 Å². The Morgan fingerprint density at radius 3 is 2.62 bits per heavy atom. The molecule has 0 radical (unpaired) electrons. The van der Waals surface area contributed by atoms with E-state index in [9.17, 15) is 18.9 Å². The van der Waals surface area contributed by atoms with Gasteiger partial charge in [0, 0.05) is 29.2 Å². The van der Waals surface area contributed by atoms with Gasteiger partial charge in [0.2, 0.25) is 0 Å². The molecule has 0 aliphatic rings. The summed E-state index contributed by atoms with van der Waals surface area (Å²) in [5.41, 5.74) is 0.425. The van der Waals surface area contributed by atoms with Crippen molar-refractivity contribution in [2.45, 2.75) is 4.90 Å². The van der Waals surface area contributed by atoms with Crippen molar-refractivity contribution in [3.8, 4) is 0 Å². The molecule has 1 aromatic heterocycles. The Bertz CT molecular complexity index is 568. The number of hydrogen-bond donors (Lipinski definition) is 1. The molecule has 1 heterocycles. The van der Waals surface area contributed by atoms with Crippen LogP contribution in [0.25, 0.3) is 10.9 Å².